The van der Waals surface area contributed by atoms with Gasteiger partial charge in [0.05, 0.1) is 19.9 Å². The van der Waals surface area contributed by atoms with Gasteiger partial charge in [0.25, 0.3) is 0 Å². The molecule has 0 saturated heterocycles. The first-order valence-corrected chi connectivity index (χ1v) is 9.99. The summed E-state index contributed by atoms with van der Waals surface area (Å²) in [6.07, 6.45) is 1.09. The zero-order valence-electron chi connectivity index (χ0n) is 15.4. The van der Waals surface area contributed by atoms with E-state index in [1.165, 1.54) is 7.11 Å². The zero-order chi connectivity index (χ0) is 19.3. The molecule has 0 bridgehead atoms. The van der Waals surface area contributed by atoms with Crippen molar-refractivity contribution in [2.75, 3.05) is 25.2 Å². The Morgan fingerprint density at radius 2 is 1.85 bits per heavy atom. The average Bonchev–Trinajstić information content (AvgIpc) is 2.56. The molecule has 0 radical (unpaired) electrons. The molecule has 0 aliphatic rings. The summed E-state index contributed by atoms with van der Waals surface area (Å²) in [5.41, 5.74) is 3.38. The molecule has 140 valence electrons. The molecule has 0 aromatic heterocycles. The molecule has 7 heteroatoms. The molecule has 2 rings (SSSR count). The third-order valence-electron chi connectivity index (χ3n) is 3.98. The van der Waals surface area contributed by atoms with Crippen LogP contribution < -0.4 is 10.1 Å². The van der Waals surface area contributed by atoms with Crippen molar-refractivity contribution in [2.24, 2.45) is 0 Å². The minimum absolute atomic E-state index is 0.0587. The maximum Gasteiger partial charge on any atom is 0.239 e. The molecular formula is C19H24N2O4S. The Hall–Kier alpha value is -2.38. The largest absolute Gasteiger partial charge is 0.496 e. The lowest BCUT2D eigenvalue weighted by atomic mass is 10.1. The van der Waals surface area contributed by atoms with Gasteiger partial charge in [0, 0.05) is 17.8 Å². The molecular weight excluding hydrogens is 352 g/mol. The Morgan fingerprint density at radius 3 is 2.46 bits per heavy atom. The average molecular weight is 376 g/mol. The zero-order valence-corrected chi connectivity index (χ0v) is 16.3. The van der Waals surface area contributed by atoms with Crippen molar-refractivity contribution in [2.45, 2.75) is 20.4 Å². The van der Waals surface area contributed by atoms with Crippen LogP contribution in [0.1, 0.15) is 16.7 Å². The summed E-state index contributed by atoms with van der Waals surface area (Å²) in [6.45, 7) is 3.65. The van der Waals surface area contributed by atoms with E-state index in [-0.39, 0.29) is 13.1 Å². The first-order valence-electron chi connectivity index (χ1n) is 8.15. The highest BCUT2D eigenvalue weighted by atomic mass is 32.2. The van der Waals surface area contributed by atoms with Crippen molar-refractivity contribution in [1.29, 1.82) is 0 Å². The van der Waals surface area contributed by atoms with Gasteiger partial charge in [-0.05, 0) is 31.5 Å². The highest BCUT2D eigenvalue weighted by molar-refractivity contribution is 7.88. The second-order valence-electron chi connectivity index (χ2n) is 6.21. The molecule has 0 fully saturated rings. The van der Waals surface area contributed by atoms with Crippen LogP contribution in [-0.4, -0.2) is 38.5 Å². The van der Waals surface area contributed by atoms with Crippen molar-refractivity contribution < 1.29 is 17.9 Å². The van der Waals surface area contributed by atoms with E-state index in [9.17, 15) is 13.2 Å². The van der Waals surface area contributed by atoms with Gasteiger partial charge in [-0.15, -0.1) is 0 Å². The summed E-state index contributed by atoms with van der Waals surface area (Å²) >= 11 is 0. The Kier molecular flexibility index (Phi) is 6.39. The fourth-order valence-corrected chi connectivity index (χ4v) is 3.34. The van der Waals surface area contributed by atoms with E-state index in [0.717, 1.165) is 21.7 Å². The number of methoxy groups -OCH3 is 1. The molecule has 0 heterocycles. The normalized spacial score (nSPS) is 11.4. The maximum atomic E-state index is 12.4. The first kappa shape index (κ1) is 19.9. The molecule has 0 unspecified atom stereocenters. The lowest BCUT2D eigenvalue weighted by Crippen LogP contribution is -2.37. The molecule has 0 spiro atoms. The monoisotopic (exact) mass is 376 g/mol. The highest BCUT2D eigenvalue weighted by Crippen LogP contribution is 2.21. The van der Waals surface area contributed by atoms with Crippen molar-refractivity contribution in [1.82, 2.24) is 4.31 Å². The number of ether oxygens (including phenoxy) is 1. The Bertz CT molecular complexity index is 894. The van der Waals surface area contributed by atoms with Crippen LogP contribution in [-0.2, 0) is 21.4 Å². The smallest absolute Gasteiger partial charge is 0.239 e. The topological polar surface area (TPSA) is 75.7 Å². The Balaban J connectivity index is 2.16. The van der Waals surface area contributed by atoms with Crippen molar-refractivity contribution in [3.63, 3.8) is 0 Å². The Labute approximate surface area is 154 Å². The minimum Gasteiger partial charge on any atom is -0.496 e. The van der Waals surface area contributed by atoms with Crippen LogP contribution >= 0.6 is 0 Å². The van der Waals surface area contributed by atoms with Gasteiger partial charge < -0.3 is 10.1 Å². The number of nitrogens with one attached hydrogen (secondary N) is 1. The predicted molar refractivity (Wildman–Crippen MR) is 103 cm³/mol. The second kappa shape index (κ2) is 8.33. The summed E-state index contributed by atoms with van der Waals surface area (Å²) in [6, 6.07) is 12.8. The van der Waals surface area contributed by atoms with E-state index < -0.39 is 15.9 Å². The van der Waals surface area contributed by atoms with Crippen molar-refractivity contribution in [3.8, 4) is 5.75 Å². The molecule has 26 heavy (non-hydrogen) atoms. The third-order valence-corrected chi connectivity index (χ3v) is 5.18. The van der Waals surface area contributed by atoms with E-state index >= 15 is 0 Å². The number of anilines is 1. The van der Waals surface area contributed by atoms with E-state index in [2.05, 4.69) is 5.32 Å². The minimum atomic E-state index is -3.58. The fourth-order valence-electron chi connectivity index (χ4n) is 2.62. The number of hydrogen-bond acceptors (Lipinski definition) is 4. The fraction of sp³-hybridized carbons (Fsp3) is 0.316. The number of para-hydroxylation sites is 1. The van der Waals surface area contributed by atoms with Gasteiger partial charge in [0.1, 0.15) is 5.75 Å². The second-order valence-corrected chi connectivity index (χ2v) is 8.19. The van der Waals surface area contributed by atoms with E-state index in [4.69, 9.17) is 4.74 Å². The molecule has 0 saturated carbocycles. The van der Waals surface area contributed by atoms with E-state index in [0.29, 0.717) is 17.0 Å². The van der Waals surface area contributed by atoms with Crippen molar-refractivity contribution >= 4 is 21.6 Å². The first-order chi connectivity index (χ1) is 12.2. The third kappa shape index (κ3) is 5.31. The maximum absolute atomic E-state index is 12.4. The molecule has 0 aliphatic carbocycles. The number of carbonyl (C=O) groups excluding carboxylic acids is 1. The number of carbonyl (C=O) groups is 1. The SMILES string of the molecule is COc1ccccc1CN(CC(=O)Nc1ccc(C)cc1C)S(C)(=O)=O. The summed E-state index contributed by atoms with van der Waals surface area (Å²) in [4.78, 5) is 12.4. The number of aryl methyl sites for hydroxylation is 2. The quantitative estimate of drug-likeness (QED) is 0.806. The van der Waals surface area contributed by atoms with Crippen LogP contribution in [0, 0.1) is 13.8 Å². The molecule has 0 atom stereocenters. The number of hydrogen-bond donors (Lipinski definition) is 1. The molecule has 1 amide bonds. The van der Waals surface area contributed by atoms with Gasteiger partial charge in [-0.25, -0.2) is 8.42 Å². The lowest BCUT2D eigenvalue weighted by molar-refractivity contribution is -0.116. The highest BCUT2D eigenvalue weighted by Gasteiger charge is 2.22. The van der Waals surface area contributed by atoms with E-state index in [1.54, 1.807) is 24.3 Å². The molecule has 0 aliphatic heterocycles. The summed E-state index contributed by atoms with van der Waals surface area (Å²) < 4.78 is 30.7. The van der Waals surface area contributed by atoms with E-state index in [1.807, 2.05) is 32.0 Å². The number of nitrogens with zero attached hydrogens (tertiary/aromatic N) is 1. The van der Waals surface area contributed by atoms with Gasteiger partial charge in [-0.2, -0.15) is 4.31 Å². The molecule has 6 nitrogen and oxygen atoms in total. The predicted octanol–water partition coefficient (Wildman–Crippen LogP) is 2.71. The Morgan fingerprint density at radius 1 is 1.15 bits per heavy atom. The van der Waals surface area contributed by atoms with Gasteiger partial charge in [-0.1, -0.05) is 35.9 Å². The summed E-state index contributed by atoms with van der Waals surface area (Å²) in [5, 5.41) is 2.78. The number of sulfonamides is 1. The standard InChI is InChI=1S/C19H24N2O4S/c1-14-9-10-17(15(2)11-14)20-19(22)13-21(26(4,23)24)12-16-7-5-6-8-18(16)25-3/h5-11H,12-13H2,1-4H3,(H,20,22). The van der Waals surface area contributed by atoms with Gasteiger partial charge in [-0.3, -0.25) is 4.79 Å². The van der Waals surface area contributed by atoms with Gasteiger partial charge in [0.15, 0.2) is 0 Å². The van der Waals surface area contributed by atoms with Crippen LogP contribution in [0.2, 0.25) is 0 Å². The van der Waals surface area contributed by atoms with Gasteiger partial charge >= 0.3 is 0 Å². The number of amides is 1. The summed E-state index contributed by atoms with van der Waals surface area (Å²) in [5.74, 6) is 0.188. The van der Waals surface area contributed by atoms with Crippen LogP contribution in [0.5, 0.6) is 5.75 Å². The molecule has 2 aromatic rings. The van der Waals surface area contributed by atoms with Crippen LogP contribution in [0.3, 0.4) is 0 Å². The number of benzene rings is 2. The van der Waals surface area contributed by atoms with Crippen LogP contribution in [0.4, 0.5) is 5.69 Å². The van der Waals surface area contributed by atoms with Crippen LogP contribution in [0.25, 0.3) is 0 Å². The molecule has 2 aromatic carbocycles. The summed E-state index contributed by atoms with van der Waals surface area (Å²) in [7, 11) is -2.05. The lowest BCUT2D eigenvalue weighted by Gasteiger charge is -2.21. The molecule has 1 N–H and O–H groups in total. The van der Waals surface area contributed by atoms with Crippen molar-refractivity contribution in [3.05, 3.63) is 59.2 Å². The van der Waals surface area contributed by atoms with Gasteiger partial charge in [0.2, 0.25) is 15.9 Å². The number of rotatable bonds is 7. The van der Waals surface area contributed by atoms with Crippen LogP contribution in [0.15, 0.2) is 42.5 Å².